The smallest absolute Gasteiger partial charge is 0.211 e. The number of anilines is 1. The Labute approximate surface area is 145 Å². The number of nitrogens with zero attached hydrogens (tertiary/aromatic N) is 2. The summed E-state index contributed by atoms with van der Waals surface area (Å²) in [6.45, 7) is 2.09. The standard InChI is InChI=1S/C16H20BrN3O2S/c1-23(21,22)20-9-6-12(7-10-20)11-19-15-5-8-18-16-13(15)3-2-4-14(16)17/h2-5,8,12H,6-7,9-11H2,1H3,(H,18,19). The summed E-state index contributed by atoms with van der Waals surface area (Å²) >= 11 is 3.53. The van der Waals surface area contributed by atoms with Crippen LogP contribution >= 0.6 is 15.9 Å². The summed E-state index contributed by atoms with van der Waals surface area (Å²) in [5.41, 5.74) is 2.02. The molecule has 1 aromatic carbocycles. The van der Waals surface area contributed by atoms with E-state index < -0.39 is 10.0 Å². The van der Waals surface area contributed by atoms with Crippen molar-refractivity contribution in [2.24, 2.45) is 5.92 Å². The molecule has 1 aromatic heterocycles. The Hall–Kier alpha value is -1.18. The lowest BCUT2D eigenvalue weighted by Crippen LogP contribution is -2.39. The normalized spacial score (nSPS) is 17.5. The fraction of sp³-hybridized carbons (Fsp3) is 0.438. The van der Waals surface area contributed by atoms with Gasteiger partial charge in [0.1, 0.15) is 0 Å². The third kappa shape index (κ3) is 3.84. The van der Waals surface area contributed by atoms with Crippen LogP contribution in [0.15, 0.2) is 34.9 Å². The van der Waals surface area contributed by atoms with Gasteiger partial charge in [-0.25, -0.2) is 12.7 Å². The van der Waals surface area contributed by atoms with Gasteiger partial charge in [0.05, 0.1) is 11.8 Å². The summed E-state index contributed by atoms with van der Waals surface area (Å²) in [4.78, 5) is 4.41. The zero-order valence-electron chi connectivity index (χ0n) is 13.0. The van der Waals surface area contributed by atoms with Crippen LogP contribution in [0.3, 0.4) is 0 Å². The molecule has 0 spiro atoms. The molecule has 0 amide bonds. The summed E-state index contributed by atoms with van der Waals surface area (Å²) in [7, 11) is -3.05. The molecule has 1 fully saturated rings. The molecule has 7 heteroatoms. The second-order valence-corrected chi connectivity index (χ2v) is 8.82. The van der Waals surface area contributed by atoms with Crippen molar-refractivity contribution >= 4 is 42.5 Å². The molecule has 0 atom stereocenters. The zero-order chi connectivity index (χ0) is 16.4. The molecular formula is C16H20BrN3O2S. The third-order valence-electron chi connectivity index (χ3n) is 4.35. The number of sulfonamides is 1. The van der Waals surface area contributed by atoms with Crippen LogP contribution in [-0.2, 0) is 10.0 Å². The van der Waals surface area contributed by atoms with Gasteiger partial charge in [-0.15, -0.1) is 0 Å². The van der Waals surface area contributed by atoms with E-state index in [1.165, 1.54) is 6.26 Å². The van der Waals surface area contributed by atoms with E-state index in [1.54, 1.807) is 4.31 Å². The van der Waals surface area contributed by atoms with Gasteiger partial charge < -0.3 is 5.32 Å². The average molecular weight is 398 g/mol. The van der Waals surface area contributed by atoms with Crippen LogP contribution in [0.4, 0.5) is 5.69 Å². The highest BCUT2D eigenvalue weighted by molar-refractivity contribution is 9.10. The first-order chi connectivity index (χ1) is 10.9. The van der Waals surface area contributed by atoms with E-state index in [2.05, 4.69) is 32.3 Å². The van der Waals surface area contributed by atoms with Crippen molar-refractivity contribution in [3.8, 4) is 0 Å². The number of rotatable bonds is 4. The first-order valence-electron chi connectivity index (χ1n) is 7.67. The minimum Gasteiger partial charge on any atom is -0.384 e. The Morgan fingerprint density at radius 3 is 2.74 bits per heavy atom. The molecule has 0 unspecified atom stereocenters. The van der Waals surface area contributed by atoms with Gasteiger partial charge in [-0.1, -0.05) is 12.1 Å². The van der Waals surface area contributed by atoms with Gasteiger partial charge in [0.25, 0.3) is 0 Å². The van der Waals surface area contributed by atoms with Crippen LogP contribution in [0.2, 0.25) is 0 Å². The molecule has 1 saturated heterocycles. The molecule has 124 valence electrons. The van der Waals surface area contributed by atoms with Crippen molar-refractivity contribution in [1.29, 1.82) is 0 Å². The van der Waals surface area contributed by atoms with E-state index in [4.69, 9.17) is 0 Å². The lowest BCUT2D eigenvalue weighted by molar-refractivity contribution is 0.283. The minimum absolute atomic E-state index is 0.489. The Kier molecular flexibility index (Phi) is 4.89. The SMILES string of the molecule is CS(=O)(=O)N1CCC(CNc2ccnc3c(Br)cccc23)CC1. The van der Waals surface area contributed by atoms with Gasteiger partial charge in [-0.3, -0.25) is 4.98 Å². The highest BCUT2D eigenvalue weighted by atomic mass is 79.9. The highest BCUT2D eigenvalue weighted by Gasteiger charge is 2.24. The number of nitrogens with one attached hydrogen (secondary N) is 1. The zero-order valence-corrected chi connectivity index (χ0v) is 15.4. The van der Waals surface area contributed by atoms with Crippen LogP contribution in [-0.4, -0.2) is 43.6 Å². The third-order valence-corrected chi connectivity index (χ3v) is 6.29. The molecule has 1 aliphatic rings. The van der Waals surface area contributed by atoms with Crippen molar-refractivity contribution in [3.63, 3.8) is 0 Å². The molecule has 0 aliphatic carbocycles. The van der Waals surface area contributed by atoms with Crippen LogP contribution < -0.4 is 5.32 Å². The van der Waals surface area contributed by atoms with Crippen LogP contribution in [0, 0.1) is 5.92 Å². The Bertz CT molecular complexity index is 802. The number of hydrogen-bond donors (Lipinski definition) is 1. The molecule has 0 radical (unpaired) electrons. The van der Waals surface area contributed by atoms with E-state index in [0.717, 1.165) is 40.4 Å². The van der Waals surface area contributed by atoms with E-state index >= 15 is 0 Å². The van der Waals surface area contributed by atoms with Gasteiger partial charge in [-0.2, -0.15) is 0 Å². The number of aromatic nitrogens is 1. The molecule has 23 heavy (non-hydrogen) atoms. The van der Waals surface area contributed by atoms with Crippen LogP contribution in [0.25, 0.3) is 10.9 Å². The number of halogens is 1. The number of hydrogen-bond acceptors (Lipinski definition) is 4. The summed E-state index contributed by atoms with van der Waals surface area (Å²) in [5, 5.41) is 4.60. The maximum Gasteiger partial charge on any atom is 0.211 e. The first-order valence-corrected chi connectivity index (χ1v) is 10.3. The summed E-state index contributed by atoms with van der Waals surface area (Å²) < 4.78 is 25.7. The average Bonchev–Trinajstić information content (AvgIpc) is 2.53. The van der Waals surface area contributed by atoms with E-state index in [9.17, 15) is 8.42 Å². The molecule has 2 aromatic rings. The number of pyridine rings is 1. The van der Waals surface area contributed by atoms with E-state index in [0.29, 0.717) is 19.0 Å². The largest absolute Gasteiger partial charge is 0.384 e. The highest BCUT2D eigenvalue weighted by Crippen LogP contribution is 2.28. The second-order valence-electron chi connectivity index (χ2n) is 5.98. The van der Waals surface area contributed by atoms with E-state index in [-0.39, 0.29) is 0 Å². The van der Waals surface area contributed by atoms with Crippen molar-refractivity contribution in [1.82, 2.24) is 9.29 Å². The monoisotopic (exact) mass is 397 g/mol. The molecule has 2 heterocycles. The summed E-state index contributed by atoms with van der Waals surface area (Å²) in [6, 6.07) is 8.03. The van der Waals surface area contributed by atoms with Crippen molar-refractivity contribution in [3.05, 3.63) is 34.9 Å². The molecule has 1 aliphatic heterocycles. The molecule has 5 nitrogen and oxygen atoms in total. The van der Waals surface area contributed by atoms with Gasteiger partial charge in [-0.05, 0) is 46.8 Å². The van der Waals surface area contributed by atoms with Gasteiger partial charge in [0.2, 0.25) is 10.0 Å². The van der Waals surface area contributed by atoms with Crippen molar-refractivity contribution in [2.75, 3.05) is 31.2 Å². The van der Waals surface area contributed by atoms with Gasteiger partial charge in [0, 0.05) is 41.4 Å². The summed E-state index contributed by atoms with van der Waals surface area (Å²) in [5.74, 6) is 0.489. The Morgan fingerprint density at radius 2 is 2.04 bits per heavy atom. The second kappa shape index (κ2) is 6.75. The summed E-state index contributed by atoms with van der Waals surface area (Å²) in [6.07, 6.45) is 4.88. The molecule has 0 saturated carbocycles. The number of piperidine rings is 1. The predicted octanol–water partition coefficient (Wildman–Crippen LogP) is 3.08. The lowest BCUT2D eigenvalue weighted by atomic mass is 9.98. The maximum absolute atomic E-state index is 11.5. The maximum atomic E-state index is 11.5. The van der Waals surface area contributed by atoms with Crippen molar-refractivity contribution in [2.45, 2.75) is 12.8 Å². The molecule has 3 rings (SSSR count). The first kappa shape index (κ1) is 16.7. The predicted molar refractivity (Wildman–Crippen MR) is 97.1 cm³/mol. The molecule has 1 N–H and O–H groups in total. The fourth-order valence-electron chi connectivity index (χ4n) is 2.99. The van der Waals surface area contributed by atoms with E-state index in [1.807, 2.05) is 24.4 Å². The van der Waals surface area contributed by atoms with Crippen molar-refractivity contribution < 1.29 is 8.42 Å². The van der Waals surface area contributed by atoms with Crippen LogP contribution in [0.1, 0.15) is 12.8 Å². The topological polar surface area (TPSA) is 62.3 Å². The lowest BCUT2D eigenvalue weighted by Gasteiger charge is -2.30. The molecular weight excluding hydrogens is 378 g/mol. The number of fused-ring (bicyclic) bond motifs is 1. The van der Waals surface area contributed by atoms with Gasteiger partial charge in [0.15, 0.2) is 0 Å². The number of para-hydroxylation sites is 1. The molecule has 0 bridgehead atoms. The fourth-order valence-corrected chi connectivity index (χ4v) is 4.34. The quantitative estimate of drug-likeness (QED) is 0.860. The Balaban J connectivity index is 1.65. The Morgan fingerprint density at radius 1 is 1.30 bits per heavy atom. The number of benzene rings is 1. The van der Waals surface area contributed by atoms with Gasteiger partial charge >= 0.3 is 0 Å². The minimum atomic E-state index is -3.05. The van der Waals surface area contributed by atoms with Crippen LogP contribution in [0.5, 0.6) is 0 Å².